The van der Waals surface area contributed by atoms with Gasteiger partial charge in [0.2, 0.25) is 0 Å². The molecule has 0 aliphatic heterocycles. The van der Waals surface area contributed by atoms with E-state index in [-0.39, 0.29) is 6.10 Å². The van der Waals surface area contributed by atoms with Crippen LogP contribution in [0.1, 0.15) is 72.6 Å². The summed E-state index contributed by atoms with van der Waals surface area (Å²) in [6.45, 7) is 10.6. The van der Waals surface area contributed by atoms with Crippen molar-refractivity contribution in [2.24, 2.45) is 23.2 Å². The summed E-state index contributed by atoms with van der Waals surface area (Å²) in [6, 6.07) is 0.740. The lowest BCUT2D eigenvalue weighted by Gasteiger charge is -2.42. The highest BCUT2D eigenvalue weighted by molar-refractivity contribution is 4.87. The van der Waals surface area contributed by atoms with E-state index in [0.717, 1.165) is 30.8 Å². The Labute approximate surface area is 132 Å². The number of nitrogens with zero attached hydrogens (tertiary/aromatic N) is 1. The van der Waals surface area contributed by atoms with Gasteiger partial charge in [0.25, 0.3) is 0 Å². The minimum atomic E-state index is -0.0671. The van der Waals surface area contributed by atoms with Crippen LogP contribution in [0.3, 0.4) is 0 Å². The maximum atomic E-state index is 10.4. The fourth-order valence-electron chi connectivity index (χ4n) is 4.43. The molecule has 3 unspecified atom stereocenters. The van der Waals surface area contributed by atoms with Gasteiger partial charge in [0, 0.05) is 12.6 Å². The molecule has 0 aromatic heterocycles. The quantitative estimate of drug-likeness (QED) is 0.835. The summed E-state index contributed by atoms with van der Waals surface area (Å²) in [4.78, 5) is 2.56. The standard InChI is InChI=1S/C19H37NO/c1-14(2)15-6-7-18(21)16(12-15)13-20(5)17-8-10-19(3,4)11-9-17/h14-18,21H,6-13H2,1-5H3. The number of hydrogen-bond donors (Lipinski definition) is 1. The topological polar surface area (TPSA) is 23.5 Å². The van der Waals surface area contributed by atoms with Crippen LogP contribution in [0.25, 0.3) is 0 Å². The minimum absolute atomic E-state index is 0.0671. The van der Waals surface area contributed by atoms with E-state index >= 15 is 0 Å². The van der Waals surface area contributed by atoms with Crippen molar-refractivity contribution >= 4 is 0 Å². The van der Waals surface area contributed by atoms with Gasteiger partial charge < -0.3 is 10.0 Å². The monoisotopic (exact) mass is 295 g/mol. The first-order chi connectivity index (χ1) is 9.78. The third-order valence-corrected chi connectivity index (χ3v) is 6.38. The Morgan fingerprint density at radius 2 is 1.71 bits per heavy atom. The van der Waals surface area contributed by atoms with Crippen molar-refractivity contribution < 1.29 is 5.11 Å². The van der Waals surface area contributed by atoms with Crippen LogP contribution in [0.4, 0.5) is 0 Å². The molecule has 2 aliphatic carbocycles. The molecule has 0 saturated heterocycles. The fourth-order valence-corrected chi connectivity index (χ4v) is 4.43. The Morgan fingerprint density at radius 3 is 2.29 bits per heavy atom. The van der Waals surface area contributed by atoms with Gasteiger partial charge in [-0.05, 0) is 75.2 Å². The zero-order chi connectivity index (χ0) is 15.6. The van der Waals surface area contributed by atoms with Gasteiger partial charge in [-0.3, -0.25) is 0 Å². The van der Waals surface area contributed by atoms with Crippen molar-refractivity contribution in [2.45, 2.75) is 84.8 Å². The van der Waals surface area contributed by atoms with E-state index in [1.807, 2.05) is 0 Å². The molecule has 0 spiro atoms. The molecule has 2 nitrogen and oxygen atoms in total. The molecule has 0 aromatic rings. The molecule has 3 atom stereocenters. The summed E-state index contributed by atoms with van der Waals surface area (Å²) >= 11 is 0. The average molecular weight is 296 g/mol. The van der Waals surface area contributed by atoms with Crippen molar-refractivity contribution in [3.8, 4) is 0 Å². The second-order valence-corrected chi connectivity index (χ2v) is 8.98. The van der Waals surface area contributed by atoms with E-state index in [9.17, 15) is 5.11 Å². The van der Waals surface area contributed by atoms with E-state index < -0.39 is 0 Å². The molecule has 2 heteroatoms. The number of rotatable bonds is 4. The summed E-state index contributed by atoms with van der Waals surface area (Å²) in [5.74, 6) is 2.07. The normalized spacial score (nSPS) is 34.6. The molecule has 2 rings (SSSR count). The highest BCUT2D eigenvalue weighted by Crippen LogP contribution is 2.38. The van der Waals surface area contributed by atoms with Crippen LogP contribution in [0.15, 0.2) is 0 Å². The Balaban J connectivity index is 1.85. The first-order valence-corrected chi connectivity index (χ1v) is 9.17. The largest absolute Gasteiger partial charge is 0.393 e. The van der Waals surface area contributed by atoms with E-state index in [2.05, 4.69) is 39.6 Å². The van der Waals surface area contributed by atoms with Gasteiger partial charge in [-0.1, -0.05) is 27.7 Å². The van der Waals surface area contributed by atoms with Gasteiger partial charge in [0.05, 0.1) is 6.10 Å². The van der Waals surface area contributed by atoms with Gasteiger partial charge in [-0.25, -0.2) is 0 Å². The van der Waals surface area contributed by atoms with Crippen LogP contribution in [0, 0.1) is 23.2 Å². The van der Waals surface area contributed by atoms with Crippen LogP contribution < -0.4 is 0 Å². The Bertz CT molecular complexity index is 316. The zero-order valence-corrected chi connectivity index (χ0v) is 14.9. The third kappa shape index (κ3) is 4.69. The predicted molar refractivity (Wildman–Crippen MR) is 90.3 cm³/mol. The maximum Gasteiger partial charge on any atom is 0.0580 e. The average Bonchev–Trinajstić information content (AvgIpc) is 2.40. The molecule has 0 heterocycles. The SMILES string of the molecule is CC(C)C1CCC(O)C(CN(C)C2CCC(C)(C)CC2)C1. The van der Waals surface area contributed by atoms with E-state index in [1.165, 1.54) is 38.5 Å². The highest BCUT2D eigenvalue weighted by Gasteiger charge is 2.34. The molecule has 21 heavy (non-hydrogen) atoms. The van der Waals surface area contributed by atoms with Gasteiger partial charge >= 0.3 is 0 Å². The molecular weight excluding hydrogens is 258 g/mol. The first kappa shape index (κ1) is 17.3. The van der Waals surface area contributed by atoms with Crippen molar-refractivity contribution in [1.29, 1.82) is 0 Å². The van der Waals surface area contributed by atoms with Crippen molar-refractivity contribution in [2.75, 3.05) is 13.6 Å². The van der Waals surface area contributed by atoms with Crippen molar-refractivity contribution in [1.82, 2.24) is 4.90 Å². The van der Waals surface area contributed by atoms with Crippen molar-refractivity contribution in [3.63, 3.8) is 0 Å². The van der Waals surface area contributed by atoms with E-state index in [0.29, 0.717) is 11.3 Å². The Morgan fingerprint density at radius 1 is 1.10 bits per heavy atom. The lowest BCUT2D eigenvalue weighted by atomic mass is 9.73. The molecule has 2 aliphatic rings. The zero-order valence-electron chi connectivity index (χ0n) is 14.9. The number of hydrogen-bond acceptors (Lipinski definition) is 2. The van der Waals surface area contributed by atoms with Crippen LogP contribution in [-0.2, 0) is 0 Å². The van der Waals surface area contributed by atoms with Gasteiger partial charge in [-0.2, -0.15) is 0 Å². The molecule has 0 aromatic carbocycles. The van der Waals surface area contributed by atoms with Gasteiger partial charge in [0.1, 0.15) is 0 Å². The third-order valence-electron chi connectivity index (χ3n) is 6.38. The summed E-state index contributed by atoms with van der Waals surface area (Å²) in [6.07, 6.45) is 8.76. The molecule has 124 valence electrons. The van der Waals surface area contributed by atoms with Gasteiger partial charge in [-0.15, -0.1) is 0 Å². The maximum absolute atomic E-state index is 10.4. The molecule has 0 bridgehead atoms. The van der Waals surface area contributed by atoms with Gasteiger partial charge in [0.15, 0.2) is 0 Å². The number of aliphatic hydroxyl groups is 1. The first-order valence-electron chi connectivity index (χ1n) is 9.17. The Kier molecular flexibility index (Phi) is 5.76. The lowest BCUT2D eigenvalue weighted by Crippen LogP contribution is -2.44. The lowest BCUT2D eigenvalue weighted by molar-refractivity contribution is 0.00938. The van der Waals surface area contributed by atoms with Crippen LogP contribution >= 0.6 is 0 Å². The molecule has 1 N–H and O–H groups in total. The predicted octanol–water partition coefficient (Wildman–Crippen LogP) is 4.32. The van der Waals surface area contributed by atoms with Crippen molar-refractivity contribution in [3.05, 3.63) is 0 Å². The molecule has 2 fully saturated rings. The summed E-state index contributed by atoms with van der Waals surface area (Å²) < 4.78 is 0. The number of aliphatic hydroxyl groups excluding tert-OH is 1. The van der Waals surface area contributed by atoms with E-state index in [1.54, 1.807) is 0 Å². The molecule has 0 radical (unpaired) electrons. The van der Waals surface area contributed by atoms with Crippen LogP contribution in [-0.4, -0.2) is 35.7 Å². The minimum Gasteiger partial charge on any atom is -0.393 e. The summed E-state index contributed by atoms with van der Waals surface area (Å²) in [7, 11) is 2.29. The summed E-state index contributed by atoms with van der Waals surface area (Å²) in [5, 5.41) is 10.4. The molecular formula is C19H37NO. The van der Waals surface area contributed by atoms with E-state index in [4.69, 9.17) is 0 Å². The fraction of sp³-hybridized carbons (Fsp3) is 1.00. The second-order valence-electron chi connectivity index (χ2n) is 8.98. The Hall–Kier alpha value is -0.0800. The smallest absolute Gasteiger partial charge is 0.0580 e. The molecule has 2 saturated carbocycles. The second kappa shape index (κ2) is 7.00. The summed E-state index contributed by atoms with van der Waals surface area (Å²) in [5.41, 5.74) is 0.546. The van der Waals surface area contributed by atoms with Crippen LogP contribution in [0.2, 0.25) is 0 Å². The molecule has 0 amide bonds. The highest BCUT2D eigenvalue weighted by atomic mass is 16.3. The van der Waals surface area contributed by atoms with Crippen LogP contribution in [0.5, 0.6) is 0 Å².